The zero-order valence-electron chi connectivity index (χ0n) is 11.6. The molecule has 0 radical (unpaired) electrons. The Morgan fingerprint density at radius 2 is 1.78 bits per heavy atom. The minimum absolute atomic E-state index is 0.713. The van der Waals surface area contributed by atoms with Crippen LogP contribution < -0.4 is 5.32 Å². The monoisotopic (exact) mass is 244 g/mol. The van der Waals surface area contributed by atoms with E-state index in [4.69, 9.17) is 0 Å². The Hall–Kier alpha value is -0.920. The number of hydrogen-bond donors (Lipinski definition) is 1. The van der Waals surface area contributed by atoms with Gasteiger partial charge in [-0.05, 0) is 67.9 Å². The fraction of sp³-hybridized carbons (Fsp3) is 0.750. The van der Waals surface area contributed by atoms with Crippen LogP contribution in [0, 0.1) is 11.8 Å². The van der Waals surface area contributed by atoms with Crippen LogP contribution in [0.2, 0.25) is 0 Å². The Morgan fingerprint density at radius 1 is 1.06 bits per heavy atom. The van der Waals surface area contributed by atoms with Crippen molar-refractivity contribution in [2.24, 2.45) is 11.8 Å². The van der Waals surface area contributed by atoms with Crippen LogP contribution in [0.3, 0.4) is 0 Å². The van der Waals surface area contributed by atoms with E-state index in [2.05, 4.69) is 24.3 Å². The van der Waals surface area contributed by atoms with Gasteiger partial charge in [-0.2, -0.15) is 0 Å². The SMILES string of the molecule is CNC1=C2CCCC2N(C)C(C2CC2)=C1C1CC1. The van der Waals surface area contributed by atoms with Crippen LogP contribution in [0.15, 0.2) is 22.5 Å². The lowest BCUT2D eigenvalue weighted by atomic mass is 9.90. The molecule has 1 heterocycles. The van der Waals surface area contributed by atoms with Gasteiger partial charge in [0.15, 0.2) is 0 Å². The molecule has 3 fully saturated rings. The van der Waals surface area contributed by atoms with Crippen LogP contribution in [0.25, 0.3) is 0 Å². The fourth-order valence-corrected chi connectivity index (χ4v) is 4.15. The van der Waals surface area contributed by atoms with Gasteiger partial charge in [0, 0.05) is 25.5 Å². The number of allylic oxidation sites excluding steroid dienone is 2. The predicted octanol–water partition coefficient (Wildman–Crippen LogP) is 3.03. The second-order valence-electron chi connectivity index (χ2n) is 6.52. The Balaban J connectivity index is 1.85. The summed E-state index contributed by atoms with van der Waals surface area (Å²) in [6, 6.07) is 0.713. The molecule has 0 aromatic rings. The van der Waals surface area contributed by atoms with Gasteiger partial charge in [-0.15, -0.1) is 0 Å². The number of nitrogens with zero attached hydrogens (tertiary/aromatic N) is 1. The van der Waals surface area contributed by atoms with E-state index in [1.165, 1.54) is 44.9 Å². The molecule has 0 bridgehead atoms. The molecule has 1 unspecified atom stereocenters. The Kier molecular flexibility index (Phi) is 2.30. The molecule has 1 atom stereocenters. The summed E-state index contributed by atoms with van der Waals surface area (Å²) < 4.78 is 0. The van der Waals surface area contributed by atoms with Crippen molar-refractivity contribution < 1.29 is 0 Å². The lowest BCUT2D eigenvalue weighted by molar-refractivity contribution is 0.311. The van der Waals surface area contributed by atoms with E-state index in [0.717, 1.165) is 11.8 Å². The summed E-state index contributed by atoms with van der Waals surface area (Å²) in [6.07, 6.45) is 9.75. The van der Waals surface area contributed by atoms with Gasteiger partial charge in [0.2, 0.25) is 0 Å². The summed E-state index contributed by atoms with van der Waals surface area (Å²) in [5.41, 5.74) is 6.71. The van der Waals surface area contributed by atoms with Crippen LogP contribution in [-0.4, -0.2) is 25.0 Å². The van der Waals surface area contributed by atoms with Gasteiger partial charge in [0.1, 0.15) is 0 Å². The molecule has 2 heteroatoms. The van der Waals surface area contributed by atoms with E-state index in [1.54, 1.807) is 22.5 Å². The molecule has 4 rings (SSSR count). The minimum Gasteiger partial charge on any atom is -0.388 e. The lowest BCUT2D eigenvalue weighted by Gasteiger charge is -2.39. The highest BCUT2D eigenvalue weighted by Gasteiger charge is 2.44. The van der Waals surface area contributed by atoms with Gasteiger partial charge in [-0.3, -0.25) is 0 Å². The third-order valence-electron chi connectivity index (χ3n) is 5.24. The summed E-state index contributed by atoms with van der Waals surface area (Å²) in [5.74, 6) is 1.76. The molecule has 4 aliphatic rings. The van der Waals surface area contributed by atoms with Crippen molar-refractivity contribution in [1.82, 2.24) is 10.2 Å². The number of likely N-dealkylation sites (N-methyl/N-ethyl adjacent to an activating group) is 2. The maximum absolute atomic E-state index is 3.58. The molecule has 98 valence electrons. The molecule has 18 heavy (non-hydrogen) atoms. The number of rotatable bonds is 3. The van der Waals surface area contributed by atoms with Gasteiger partial charge in [0.05, 0.1) is 6.04 Å². The van der Waals surface area contributed by atoms with Gasteiger partial charge in [-0.25, -0.2) is 0 Å². The molecule has 3 saturated carbocycles. The Labute approximate surface area is 110 Å². The summed E-state index contributed by atoms with van der Waals surface area (Å²) >= 11 is 0. The minimum atomic E-state index is 0.713. The highest BCUT2D eigenvalue weighted by Crippen LogP contribution is 2.53. The van der Waals surface area contributed by atoms with Gasteiger partial charge in [-0.1, -0.05) is 0 Å². The van der Waals surface area contributed by atoms with Gasteiger partial charge < -0.3 is 10.2 Å². The Morgan fingerprint density at radius 3 is 2.39 bits per heavy atom. The molecular formula is C16H24N2. The second-order valence-corrected chi connectivity index (χ2v) is 6.52. The molecular weight excluding hydrogens is 220 g/mol. The maximum Gasteiger partial charge on any atom is 0.0519 e. The molecule has 0 saturated heterocycles. The van der Waals surface area contributed by atoms with Crippen LogP contribution in [0.4, 0.5) is 0 Å². The van der Waals surface area contributed by atoms with Crippen LogP contribution in [-0.2, 0) is 0 Å². The molecule has 3 aliphatic carbocycles. The predicted molar refractivity (Wildman–Crippen MR) is 74.0 cm³/mol. The summed E-state index contributed by atoms with van der Waals surface area (Å²) in [4.78, 5) is 2.66. The highest BCUT2D eigenvalue weighted by atomic mass is 15.2. The number of nitrogens with one attached hydrogen (secondary N) is 1. The van der Waals surface area contributed by atoms with Crippen molar-refractivity contribution >= 4 is 0 Å². The molecule has 0 aromatic heterocycles. The standard InChI is InChI=1S/C16H24N2/c1-17-15-12-4-3-5-13(12)18(2)16(11-8-9-11)14(15)10-6-7-10/h10-11,13,17H,3-9H2,1-2H3. The first kappa shape index (κ1) is 11.0. The quantitative estimate of drug-likeness (QED) is 0.821. The largest absolute Gasteiger partial charge is 0.388 e. The van der Waals surface area contributed by atoms with Crippen molar-refractivity contribution in [2.75, 3.05) is 14.1 Å². The van der Waals surface area contributed by atoms with Crippen LogP contribution in [0.1, 0.15) is 44.9 Å². The maximum atomic E-state index is 3.58. The Bertz CT molecular complexity index is 438. The molecule has 1 N–H and O–H groups in total. The van der Waals surface area contributed by atoms with Crippen molar-refractivity contribution in [3.8, 4) is 0 Å². The van der Waals surface area contributed by atoms with Crippen molar-refractivity contribution in [3.05, 3.63) is 22.5 Å². The normalized spacial score (nSPS) is 32.1. The van der Waals surface area contributed by atoms with E-state index < -0.39 is 0 Å². The van der Waals surface area contributed by atoms with Gasteiger partial charge in [0.25, 0.3) is 0 Å². The first-order valence-corrected chi connectivity index (χ1v) is 7.69. The van der Waals surface area contributed by atoms with E-state index in [1.807, 2.05) is 0 Å². The van der Waals surface area contributed by atoms with Gasteiger partial charge >= 0.3 is 0 Å². The van der Waals surface area contributed by atoms with Crippen molar-refractivity contribution in [3.63, 3.8) is 0 Å². The third kappa shape index (κ3) is 1.47. The summed E-state index contributed by atoms with van der Waals surface area (Å²) in [5, 5.41) is 3.58. The summed E-state index contributed by atoms with van der Waals surface area (Å²) in [7, 11) is 4.49. The first-order chi connectivity index (χ1) is 8.81. The smallest absolute Gasteiger partial charge is 0.0519 e. The van der Waals surface area contributed by atoms with E-state index in [0.29, 0.717) is 6.04 Å². The van der Waals surface area contributed by atoms with Crippen LogP contribution >= 0.6 is 0 Å². The third-order valence-corrected chi connectivity index (χ3v) is 5.24. The lowest BCUT2D eigenvalue weighted by Crippen LogP contribution is -2.38. The van der Waals surface area contributed by atoms with E-state index >= 15 is 0 Å². The van der Waals surface area contributed by atoms with Crippen LogP contribution in [0.5, 0.6) is 0 Å². The number of hydrogen-bond acceptors (Lipinski definition) is 2. The number of fused-ring (bicyclic) bond motifs is 1. The zero-order chi connectivity index (χ0) is 12.3. The van der Waals surface area contributed by atoms with Crippen molar-refractivity contribution in [2.45, 2.75) is 51.0 Å². The zero-order valence-corrected chi connectivity index (χ0v) is 11.6. The fourth-order valence-electron chi connectivity index (χ4n) is 4.15. The highest BCUT2D eigenvalue weighted by molar-refractivity contribution is 5.48. The molecule has 0 spiro atoms. The van der Waals surface area contributed by atoms with E-state index in [-0.39, 0.29) is 0 Å². The molecule has 0 aromatic carbocycles. The molecule has 0 amide bonds. The second kappa shape index (κ2) is 3.79. The average Bonchev–Trinajstić information content (AvgIpc) is 3.27. The topological polar surface area (TPSA) is 15.3 Å². The average molecular weight is 244 g/mol. The molecule has 1 aliphatic heterocycles. The first-order valence-electron chi connectivity index (χ1n) is 7.69. The molecule has 2 nitrogen and oxygen atoms in total. The van der Waals surface area contributed by atoms with Crippen molar-refractivity contribution in [1.29, 1.82) is 0 Å². The van der Waals surface area contributed by atoms with E-state index in [9.17, 15) is 0 Å². The summed E-state index contributed by atoms with van der Waals surface area (Å²) in [6.45, 7) is 0.